The van der Waals surface area contributed by atoms with Crippen molar-refractivity contribution in [2.75, 3.05) is 26.2 Å². The normalized spacial score (nSPS) is 18.8. The number of nitrogens with zero attached hydrogens (tertiary/aromatic N) is 1. The summed E-state index contributed by atoms with van der Waals surface area (Å²) in [4.78, 5) is 2.52. The standard InChI is InChI=1S/C15H24N2O.C6H4/c1-4-17-10-9-16-11-15(17)13-5-7-14(8-6-13)18-12(2)3;1-2-5-4-6(5)3-1/h5-8,12,15-16H,4,9-11H2,1-3H3;1-4H. The molecule has 0 aromatic heterocycles. The Morgan fingerprint density at radius 2 is 1.83 bits per heavy atom. The highest BCUT2D eigenvalue weighted by Gasteiger charge is 2.22. The van der Waals surface area contributed by atoms with Gasteiger partial charge in [0.25, 0.3) is 0 Å². The summed E-state index contributed by atoms with van der Waals surface area (Å²) in [7, 11) is 0. The second kappa shape index (κ2) is 7.82. The number of hydrogen-bond donors (Lipinski definition) is 1. The van der Waals surface area contributed by atoms with Crippen LogP contribution in [0.5, 0.6) is 5.75 Å². The Labute approximate surface area is 145 Å². The zero-order chi connectivity index (χ0) is 16.9. The topological polar surface area (TPSA) is 24.5 Å². The van der Waals surface area contributed by atoms with Crippen LogP contribution in [0.25, 0.3) is 11.1 Å². The molecule has 1 heterocycles. The van der Waals surface area contributed by atoms with Crippen molar-refractivity contribution in [3.8, 4) is 16.9 Å². The van der Waals surface area contributed by atoms with E-state index in [-0.39, 0.29) is 6.10 Å². The van der Waals surface area contributed by atoms with Crippen molar-refractivity contribution < 1.29 is 4.74 Å². The van der Waals surface area contributed by atoms with E-state index in [0.29, 0.717) is 6.04 Å². The number of benzene rings is 2. The van der Waals surface area contributed by atoms with Crippen molar-refractivity contribution >= 4 is 0 Å². The van der Waals surface area contributed by atoms with Gasteiger partial charge in [-0.15, -0.1) is 0 Å². The van der Waals surface area contributed by atoms with Gasteiger partial charge in [-0.25, -0.2) is 0 Å². The lowest BCUT2D eigenvalue weighted by molar-refractivity contribution is 0.171. The Morgan fingerprint density at radius 1 is 1.12 bits per heavy atom. The summed E-state index contributed by atoms with van der Waals surface area (Å²) < 4.78 is 5.68. The molecule has 3 heteroatoms. The largest absolute Gasteiger partial charge is 0.491 e. The molecule has 1 N–H and O–H groups in total. The van der Waals surface area contributed by atoms with Crippen molar-refractivity contribution in [1.29, 1.82) is 0 Å². The molecular weight excluding hydrogens is 296 g/mol. The van der Waals surface area contributed by atoms with Crippen LogP contribution in [0.15, 0.2) is 48.5 Å². The first kappa shape index (κ1) is 17.0. The van der Waals surface area contributed by atoms with Gasteiger partial charge in [-0.3, -0.25) is 4.90 Å². The maximum atomic E-state index is 5.68. The SMILES string of the molecule is CCN1CCNCC1c1ccc(OC(C)C)cc1.c1cc2cc-2c1. The second-order valence-corrected chi connectivity index (χ2v) is 6.66. The molecule has 1 aliphatic heterocycles. The lowest BCUT2D eigenvalue weighted by Crippen LogP contribution is -2.45. The maximum Gasteiger partial charge on any atom is 0.119 e. The molecule has 1 aromatic carbocycles. The fraction of sp³-hybridized carbons (Fsp3) is 0.429. The van der Waals surface area contributed by atoms with Gasteiger partial charge in [0.15, 0.2) is 0 Å². The third kappa shape index (κ3) is 4.37. The van der Waals surface area contributed by atoms with Gasteiger partial charge in [0.05, 0.1) is 6.10 Å². The number of nitrogens with one attached hydrogen (secondary N) is 1. The summed E-state index contributed by atoms with van der Waals surface area (Å²) in [5, 5.41) is 3.47. The fourth-order valence-electron chi connectivity index (χ4n) is 3.17. The highest BCUT2D eigenvalue weighted by atomic mass is 16.5. The quantitative estimate of drug-likeness (QED) is 0.782. The van der Waals surface area contributed by atoms with E-state index in [1.807, 2.05) is 0 Å². The molecule has 1 saturated heterocycles. The minimum Gasteiger partial charge on any atom is -0.491 e. The van der Waals surface area contributed by atoms with E-state index in [0.717, 1.165) is 31.9 Å². The van der Waals surface area contributed by atoms with Gasteiger partial charge in [0.1, 0.15) is 5.75 Å². The van der Waals surface area contributed by atoms with Crippen molar-refractivity contribution in [1.82, 2.24) is 10.2 Å². The van der Waals surface area contributed by atoms with Crippen molar-refractivity contribution in [3.05, 3.63) is 54.1 Å². The lowest BCUT2D eigenvalue weighted by Gasteiger charge is -2.35. The van der Waals surface area contributed by atoms with E-state index in [2.05, 4.69) is 79.5 Å². The van der Waals surface area contributed by atoms with E-state index in [9.17, 15) is 0 Å². The first-order chi connectivity index (χ1) is 11.7. The molecule has 3 aliphatic rings. The van der Waals surface area contributed by atoms with E-state index in [4.69, 9.17) is 4.74 Å². The molecule has 1 unspecified atom stereocenters. The van der Waals surface area contributed by atoms with Crippen molar-refractivity contribution in [3.63, 3.8) is 0 Å². The number of likely N-dealkylation sites (N-methyl/N-ethyl adjacent to an activating group) is 1. The summed E-state index contributed by atoms with van der Waals surface area (Å²) in [5.41, 5.74) is 4.23. The number of ether oxygens (including phenoxy) is 1. The van der Waals surface area contributed by atoms with Gasteiger partial charge in [0, 0.05) is 25.7 Å². The molecule has 0 spiro atoms. The third-order valence-corrected chi connectivity index (χ3v) is 4.51. The van der Waals surface area contributed by atoms with Crippen LogP contribution < -0.4 is 10.1 Å². The van der Waals surface area contributed by atoms with E-state index in [1.54, 1.807) is 0 Å². The molecule has 0 radical (unpaired) electrons. The molecular formula is C21H28N2O. The zero-order valence-electron chi connectivity index (χ0n) is 15.0. The van der Waals surface area contributed by atoms with Crippen LogP contribution in [0.3, 0.4) is 0 Å². The number of piperazine rings is 1. The number of hydrogen-bond acceptors (Lipinski definition) is 3. The average Bonchev–Trinajstić information content (AvgIpc) is 3.21. The van der Waals surface area contributed by atoms with Crippen LogP contribution >= 0.6 is 0 Å². The zero-order valence-corrected chi connectivity index (χ0v) is 15.0. The Balaban J connectivity index is 0.000000231. The van der Waals surface area contributed by atoms with Gasteiger partial charge in [-0.1, -0.05) is 37.3 Å². The summed E-state index contributed by atoms with van der Waals surface area (Å²) in [6, 6.07) is 17.5. The molecule has 1 aromatic rings. The van der Waals surface area contributed by atoms with Crippen molar-refractivity contribution in [2.24, 2.45) is 0 Å². The van der Waals surface area contributed by atoms with Gasteiger partial charge in [0.2, 0.25) is 0 Å². The predicted octanol–water partition coefficient (Wildman–Crippen LogP) is 4.11. The number of fused-ring (bicyclic) bond motifs is 1. The molecule has 0 amide bonds. The van der Waals surface area contributed by atoms with Crippen LogP contribution in [-0.2, 0) is 0 Å². The van der Waals surface area contributed by atoms with E-state index < -0.39 is 0 Å². The molecule has 1 fully saturated rings. The van der Waals surface area contributed by atoms with Crippen molar-refractivity contribution in [2.45, 2.75) is 32.9 Å². The Hall–Kier alpha value is -1.84. The highest BCUT2D eigenvalue weighted by molar-refractivity contribution is 5.80. The molecule has 2 aliphatic carbocycles. The predicted molar refractivity (Wildman–Crippen MR) is 100 cm³/mol. The van der Waals surface area contributed by atoms with Crippen LogP contribution in [-0.4, -0.2) is 37.2 Å². The molecule has 0 saturated carbocycles. The fourth-order valence-corrected chi connectivity index (χ4v) is 3.17. The highest BCUT2D eigenvalue weighted by Crippen LogP contribution is 2.32. The van der Waals surface area contributed by atoms with Gasteiger partial charge >= 0.3 is 0 Å². The summed E-state index contributed by atoms with van der Waals surface area (Å²) in [6.45, 7) is 10.7. The summed E-state index contributed by atoms with van der Waals surface area (Å²) in [6.07, 6.45) is 0.235. The van der Waals surface area contributed by atoms with Gasteiger partial charge in [-0.05, 0) is 55.3 Å². The Morgan fingerprint density at radius 3 is 2.33 bits per heavy atom. The molecule has 3 nitrogen and oxygen atoms in total. The second-order valence-electron chi connectivity index (χ2n) is 6.66. The van der Waals surface area contributed by atoms with Gasteiger partial charge < -0.3 is 10.1 Å². The average molecular weight is 324 g/mol. The minimum absolute atomic E-state index is 0.235. The molecule has 0 bridgehead atoms. The van der Waals surface area contributed by atoms with Crippen LogP contribution in [0, 0.1) is 0 Å². The molecule has 1 atom stereocenters. The lowest BCUT2D eigenvalue weighted by atomic mass is 10.0. The first-order valence-electron chi connectivity index (χ1n) is 8.99. The van der Waals surface area contributed by atoms with E-state index in [1.165, 1.54) is 16.7 Å². The minimum atomic E-state index is 0.235. The Kier molecular flexibility index (Phi) is 5.54. The summed E-state index contributed by atoms with van der Waals surface area (Å²) >= 11 is 0. The van der Waals surface area contributed by atoms with E-state index >= 15 is 0 Å². The van der Waals surface area contributed by atoms with Crippen LogP contribution in [0.2, 0.25) is 0 Å². The third-order valence-electron chi connectivity index (χ3n) is 4.51. The molecule has 4 rings (SSSR count). The van der Waals surface area contributed by atoms with Crippen LogP contribution in [0.1, 0.15) is 32.4 Å². The monoisotopic (exact) mass is 324 g/mol. The van der Waals surface area contributed by atoms with Gasteiger partial charge in [-0.2, -0.15) is 0 Å². The smallest absolute Gasteiger partial charge is 0.119 e. The Bertz CT molecular complexity index is 634. The maximum absolute atomic E-state index is 5.68. The van der Waals surface area contributed by atoms with Crippen LogP contribution in [0.4, 0.5) is 0 Å². The molecule has 128 valence electrons. The first-order valence-corrected chi connectivity index (χ1v) is 8.99. The molecule has 24 heavy (non-hydrogen) atoms. The summed E-state index contributed by atoms with van der Waals surface area (Å²) in [5.74, 6) is 0.959. The number of rotatable bonds is 4.